The van der Waals surface area contributed by atoms with Gasteiger partial charge in [-0.3, -0.25) is 10.1 Å². The standard InChI is InChI=1S/C14H10Cl2N6O3/c1-7-4-11(21-25-7)20-14-12(22(23)24)13(17-6-18-14)19-10-5-8(15)2-3-9(10)16/h2-6H,1H3,(H2,17,18,19,20,21). The van der Waals surface area contributed by atoms with Crippen molar-refractivity contribution in [2.24, 2.45) is 0 Å². The quantitative estimate of drug-likeness (QED) is 0.491. The first-order chi connectivity index (χ1) is 11.9. The van der Waals surface area contributed by atoms with Gasteiger partial charge >= 0.3 is 5.69 Å². The van der Waals surface area contributed by atoms with Crippen molar-refractivity contribution in [3.05, 3.63) is 56.5 Å². The maximum Gasteiger partial charge on any atom is 0.353 e. The van der Waals surface area contributed by atoms with Gasteiger partial charge in [0.05, 0.1) is 15.6 Å². The van der Waals surface area contributed by atoms with E-state index in [4.69, 9.17) is 27.7 Å². The first kappa shape index (κ1) is 16.9. The van der Waals surface area contributed by atoms with Crippen LogP contribution in [-0.4, -0.2) is 20.0 Å². The summed E-state index contributed by atoms with van der Waals surface area (Å²) in [6.45, 7) is 1.70. The second-order valence-corrected chi connectivity index (χ2v) is 5.72. The zero-order valence-corrected chi connectivity index (χ0v) is 14.2. The third-order valence-corrected chi connectivity index (χ3v) is 3.63. The van der Waals surface area contributed by atoms with Gasteiger partial charge < -0.3 is 15.2 Å². The summed E-state index contributed by atoms with van der Waals surface area (Å²) >= 11 is 12.0. The molecule has 0 saturated carbocycles. The number of nitrogens with zero attached hydrogens (tertiary/aromatic N) is 4. The van der Waals surface area contributed by atoms with Crippen LogP contribution < -0.4 is 10.6 Å². The van der Waals surface area contributed by atoms with Gasteiger partial charge in [-0.1, -0.05) is 28.4 Å². The second kappa shape index (κ2) is 6.91. The Bertz CT molecular complexity index is 946. The molecule has 0 unspecified atom stereocenters. The molecule has 128 valence electrons. The molecule has 3 aromatic rings. The molecule has 0 bridgehead atoms. The summed E-state index contributed by atoms with van der Waals surface area (Å²) < 4.78 is 4.92. The molecule has 1 aromatic carbocycles. The average molecular weight is 381 g/mol. The predicted octanol–water partition coefficient (Wildman–Crippen LogP) is 4.48. The van der Waals surface area contributed by atoms with Crippen molar-refractivity contribution in [3.63, 3.8) is 0 Å². The highest BCUT2D eigenvalue weighted by Gasteiger charge is 2.24. The van der Waals surface area contributed by atoms with Crippen LogP contribution in [0.25, 0.3) is 0 Å². The zero-order valence-electron chi connectivity index (χ0n) is 12.7. The Kier molecular flexibility index (Phi) is 4.68. The molecule has 0 amide bonds. The van der Waals surface area contributed by atoms with E-state index in [0.717, 1.165) is 0 Å². The van der Waals surface area contributed by atoms with E-state index >= 15 is 0 Å². The van der Waals surface area contributed by atoms with Crippen LogP contribution in [0.3, 0.4) is 0 Å². The molecule has 2 N–H and O–H groups in total. The van der Waals surface area contributed by atoms with Crippen LogP contribution in [0.5, 0.6) is 0 Å². The molecule has 11 heteroatoms. The van der Waals surface area contributed by atoms with Gasteiger partial charge in [0.25, 0.3) is 0 Å². The molecule has 2 aromatic heterocycles. The predicted molar refractivity (Wildman–Crippen MR) is 93.0 cm³/mol. The molecule has 2 heterocycles. The highest BCUT2D eigenvalue weighted by molar-refractivity contribution is 6.35. The van der Waals surface area contributed by atoms with Gasteiger partial charge in [-0.15, -0.1) is 0 Å². The summed E-state index contributed by atoms with van der Waals surface area (Å²) in [6.07, 6.45) is 1.17. The van der Waals surface area contributed by atoms with Crippen molar-refractivity contribution in [1.29, 1.82) is 0 Å². The van der Waals surface area contributed by atoms with Crippen LogP contribution in [0.15, 0.2) is 35.1 Å². The van der Waals surface area contributed by atoms with E-state index in [0.29, 0.717) is 21.5 Å². The number of rotatable bonds is 5. The molecule has 0 aliphatic carbocycles. The lowest BCUT2D eigenvalue weighted by atomic mass is 10.3. The number of nitro groups is 1. The zero-order chi connectivity index (χ0) is 18.0. The number of aryl methyl sites for hydroxylation is 1. The maximum absolute atomic E-state index is 11.5. The number of aromatic nitrogens is 3. The molecule has 0 aliphatic rings. The number of anilines is 4. The van der Waals surface area contributed by atoms with Gasteiger partial charge in [-0.2, -0.15) is 0 Å². The smallest absolute Gasteiger partial charge is 0.353 e. The Morgan fingerprint density at radius 3 is 2.52 bits per heavy atom. The summed E-state index contributed by atoms with van der Waals surface area (Å²) in [7, 11) is 0. The Morgan fingerprint density at radius 1 is 1.16 bits per heavy atom. The van der Waals surface area contributed by atoms with E-state index in [9.17, 15) is 10.1 Å². The van der Waals surface area contributed by atoms with Crippen molar-refractivity contribution in [1.82, 2.24) is 15.1 Å². The monoisotopic (exact) mass is 380 g/mol. The van der Waals surface area contributed by atoms with Crippen LogP contribution in [0.2, 0.25) is 10.0 Å². The van der Waals surface area contributed by atoms with Gasteiger partial charge in [0, 0.05) is 11.1 Å². The molecule has 0 saturated heterocycles. The fraction of sp³-hybridized carbons (Fsp3) is 0.0714. The lowest BCUT2D eigenvalue weighted by Gasteiger charge is -2.10. The number of halogens is 2. The van der Waals surface area contributed by atoms with Crippen molar-refractivity contribution in [2.75, 3.05) is 10.6 Å². The van der Waals surface area contributed by atoms with Crippen LogP contribution in [0.1, 0.15) is 5.76 Å². The molecule has 0 aliphatic heterocycles. The van der Waals surface area contributed by atoms with Gasteiger partial charge in [0.15, 0.2) is 5.82 Å². The molecular weight excluding hydrogens is 371 g/mol. The van der Waals surface area contributed by atoms with E-state index in [1.165, 1.54) is 12.4 Å². The molecule has 0 radical (unpaired) electrons. The summed E-state index contributed by atoms with van der Waals surface area (Å²) in [5.74, 6) is 0.732. The van der Waals surface area contributed by atoms with Gasteiger partial charge in [-0.25, -0.2) is 9.97 Å². The van der Waals surface area contributed by atoms with E-state index in [1.807, 2.05) is 0 Å². The summed E-state index contributed by atoms with van der Waals surface area (Å²) in [5.41, 5.74) is -0.00149. The van der Waals surface area contributed by atoms with Crippen molar-refractivity contribution in [2.45, 2.75) is 6.92 Å². The number of hydrogen-bond donors (Lipinski definition) is 2. The SMILES string of the molecule is Cc1cc(Nc2ncnc(Nc3cc(Cl)ccc3Cl)c2[N+](=O)[O-])no1. The Balaban J connectivity index is 2.00. The Labute approximate surface area is 151 Å². The average Bonchev–Trinajstić information content (AvgIpc) is 2.96. The van der Waals surface area contributed by atoms with E-state index < -0.39 is 4.92 Å². The van der Waals surface area contributed by atoms with Crippen molar-refractivity contribution < 1.29 is 9.45 Å². The number of hydrogen-bond acceptors (Lipinski definition) is 8. The molecular formula is C14H10Cl2N6O3. The highest BCUT2D eigenvalue weighted by atomic mass is 35.5. The minimum Gasteiger partial charge on any atom is -0.360 e. The molecule has 9 nitrogen and oxygen atoms in total. The second-order valence-electron chi connectivity index (χ2n) is 4.87. The van der Waals surface area contributed by atoms with Crippen molar-refractivity contribution >= 4 is 52.0 Å². The largest absolute Gasteiger partial charge is 0.360 e. The minimum atomic E-state index is -0.615. The van der Waals surface area contributed by atoms with Gasteiger partial charge in [0.2, 0.25) is 11.6 Å². The lowest BCUT2D eigenvalue weighted by Crippen LogP contribution is -2.05. The molecule has 0 fully saturated rings. The molecule has 3 rings (SSSR count). The summed E-state index contributed by atoms with van der Waals surface area (Å²) in [4.78, 5) is 18.7. The first-order valence-electron chi connectivity index (χ1n) is 6.86. The van der Waals surface area contributed by atoms with Crippen LogP contribution in [0.4, 0.5) is 28.8 Å². The third-order valence-electron chi connectivity index (χ3n) is 3.06. The number of benzene rings is 1. The summed E-state index contributed by atoms with van der Waals surface area (Å²) in [5, 5.41) is 21.5. The van der Waals surface area contributed by atoms with Crippen molar-refractivity contribution in [3.8, 4) is 0 Å². The third kappa shape index (κ3) is 3.78. The molecule has 25 heavy (non-hydrogen) atoms. The number of nitrogens with one attached hydrogen (secondary N) is 2. The first-order valence-corrected chi connectivity index (χ1v) is 7.61. The Hall–Kier alpha value is -2.91. The highest BCUT2D eigenvalue weighted by Crippen LogP contribution is 2.35. The Morgan fingerprint density at radius 2 is 1.88 bits per heavy atom. The molecule has 0 spiro atoms. The van der Waals surface area contributed by atoms with E-state index in [-0.39, 0.29) is 23.1 Å². The van der Waals surface area contributed by atoms with E-state index in [2.05, 4.69) is 25.8 Å². The van der Waals surface area contributed by atoms with Crippen LogP contribution >= 0.6 is 23.2 Å². The summed E-state index contributed by atoms with van der Waals surface area (Å²) in [6, 6.07) is 6.27. The van der Waals surface area contributed by atoms with Gasteiger partial charge in [0.1, 0.15) is 12.1 Å². The molecule has 0 atom stereocenters. The minimum absolute atomic E-state index is 0.0473. The van der Waals surface area contributed by atoms with E-state index in [1.54, 1.807) is 25.1 Å². The maximum atomic E-state index is 11.5. The fourth-order valence-corrected chi connectivity index (χ4v) is 2.34. The lowest BCUT2D eigenvalue weighted by molar-refractivity contribution is -0.383. The van der Waals surface area contributed by atoms with Crippen LogP contribution in [-0.2, 0) is 0 Å². The normalized spacial score (nSPS) is 10.5. The fourth-order valence-electron chi connectivity index (χ4n) is 2.00. The topological polar surface area (TPSA) is 119 Å². The van der Waals surface area contributed by atoms with Crippen LogP contribution in [0, 0.1) is 17.0 Å². The van der Waals surface area contributed by atoms with Gasteiger partial charge in [-0.05, 0) is 25.1 Å².